The number of hydrogen-bond donors (Lipinski definition) is 7. The van der Waals surface area contributed by atoms with Gasteiger partial charge in [-0.25, -0.2) is 23.5 Å². The molecule has 0 saturated heterocycles. The van der Waals surface area contributed by atoms with E-state index in [1.165, 1.54) is 30.3 Å². The van der Waals surface area contributed by atoms with E-state index in [0.717, 1.165) is 33.4 Å². The van der Waals surface area contributed by atoms with Gasteiger partial charge in [0, 0.05) is 74.5 Å². The van der Waals surface area contributed by atoms with Gasteiger partial charge in [0.2, 0.25) is 0 Å². The summed E-state index contributed by atoms with van der Waals surface area (Å²) in [5.74, 6) is -1.14. The van der Waals surface area contributed by atoms with E-state index in [1.54, 1.807) is 79.9 Å². The van der Waals surface area contributed by atoms with E-state index in [0.29, 0.717) is 61.8 Å². The summed E-state index contributed by atoms with van der Waals surface area (Å²) < 4.78 is 26.6. The van der Waals surface area contributed by atoms with Crippen LogP contribution in [0.4, 0.5) is 20.4 Å². The third kappa shape index (κ3) is 18.7. The monoisotopic (exact) mass is 1280 g/mol. The summed E-state index contributed by atoms with van der Waals surface area (Å²) in [4.78, 5) is 40.8. The van der Waals surface area contributed by atoms with Crippen molar-refractivity contribution >= 4 is 83.4 Å². The maximum absolute atomic E-state index is 13.4. The van der Waals surface area contributed by atoms with Crippen LogP contribution in [0.1, 0.15) is 43.0 Å². The fourth-order valence-electron chi connectivity index (χ4n) is 5.98. The number of carboxylic acids is 1. The number of carbonyl (C=O) groups excluding carboxylic acids is 1. The van der Waals surface area contributed by atoms with Crippen LogP contribution < -0.4 is 21.7 Å². The molecule has 8 rings (SSSR count). The van der Waals surface area contributed by atoms with Crippen LogP contribution in [0.5, 0.6) is 0 Å². The average Bonchev–Trinajstić information content (AvgIpc) is 4.09. The molecule has 1 amide bonds. The van der Waals surface area contributed by atoms with Crippen molar-refractivity contribution in [3.05, 3.63) is 192 Å². The number of rotatable bonds is 15. The number of amides is 1. The molecule has 8 aromatic rings. The second-order valence-corrected chi connectivity index (χ2v) is 49.2. The number of aromatic nitrogens is 8. The number of aromatic amines is 2. The van der Waals surface area contributed by atoms with Gasteiger partial charge in [-0.15, -0.1) is 0 Å². The van der Waals surface area contributed by atoms with Crippen molar-refractivity contribution in [3.63, 3.8) is 0 Å². The number of H-pyrrole nitrogens is 2. The van der Waals surface area contributed by atoms with Crippen molar-refractivity contribution in [2.75, 3.05) is 23.7 Å². The van der Waals surface area contributed by atoms with Gasteiger partial charge in [0.15, 0.2) is 0 Å². The number of carbonyl (C=O) groups is 2. The molecule has 0 radical (unpaired) electrons. The SMILES string of the molecule is NCc1cccnc1.O=C(NCc1cccnc1)c1ccc(-c2cn[nH]c2)nc1NCCc1cccc(F)c1.O=C(O)c1ccc(-c2cn[nH]c2)nc1NCCc1cccc(F)c1.[I][V]([I])[I]. The summed E-state index contributed by atoms with van der Waals surface area (Å²) in [6, 6.07) is 26.9. The molecule has 0 unspecified atom stereocenters. The van der Waals surface area contributed by atoms with Crippen molar-refractivity contribution in [1.82, 2.24) is 45.6 Å². The summed E-state index contributed by atoms with van der Waals surface area (Å²) in [6.45, 7) is 1.87. The molecule has 6 heterocycles. The van der Waals surface area contributed by atoms with Crippen LogP contribution in [0.2, 0.25) is 0 Å². The first kappa shape index (κ1) is 52.6. The topological polar surface area (TPSA) is 225 Å². The van der Waals surface area contributed by atoms with Gasteiger partial charge in [-0.1, -0.05) is 36.4 Å². The van der Waals surface area contributed by atoms with Crippen LogP contribution in [0.25, 0.3) is 22.5 Å². The van der Waals surface area contributed by atoms with Gasteiger partial charge in [-0.2, -0.15) is 10.2 Å². The van der Waals surface area contributed by atoms with Gasteiger partial charge in [-0.05, 0) is 95.8 Å². The zero-order chi connectivity index (χ0) is 47.8. The number of anilines is 2. The number of nitrogens with two attached hydrogens (primary N) is 1. The number of hydrogen-bond acceptors (Lipinski definition) is 11. The molecule has 0 aliphatic rings. The zero-order valence-electron chi connectivity index (χ0n) is 35.5. The summed E-state index contributed by atoms with van der Waals surface area (Å²) >= 11 is 7.39. The fourth-order valence-corrected chi connectivity index (χ4v) is 5.98. The van der Waals surface area contributed by atoms with E-state index < -0.39 is 5.97 Å². The van der Waals surface area contributed by atoms with Crippen molar-refractivity contribution in [3.8, 4) is 22.5 Å². The zero-order valence-corrected chi connectivity index (χ0v) is 43.3. The quantitative estimate of drug-likeness (QED) is 0.0477. The molecule has 0 spiro atoms. The fraction of sp³-hybridized carbons (Fsp3) is 0.130. The molecule has 0 aliphatic heterocycles. The maximum atomic E-state index is 13.4. The van der Waals surface area contributed by atoms with E-state index in [2.05, 4.69) is 116 Å². The predicted octanol–water partition coefficient (Wildman–Crippen LogP) is 9.75. The molecular weight excluding hydrogens is 1240 g/mol. The molecule has 8 N–H and O–H groups in total. The van der Waals surface area contributed by atoms with Crippen LogP contribution in [0.15, 0.2) is 147 Å². The van der Waals surface area contributed by atoms with E-state index >= 15 is 0 Å². The summed E-state index contributed by atoms with van der Waals surface area (Å²) in [5.41, 5.74) is 12.4. The second kappa shape index (κ2) is 28.7. The van der Waals surface area contributed by atoms with E-state index in [-0.39, 0.29) is 33.8 Å². The first-order valence-electron chi connectivity index (χ1n) is 20.2. The summed E-state index contributed by atoms with van der Waals surface area (Å²) in [7, 11) is 0. The van der Waals surface area contributed by atoms with E-state index in [4.69, 9.17) is 5.73 Å². The number of aromatic carboxylic acids is 1. The van der Waals surface area contributed by atoms with Crippen LogP contribution >= 0.6 is 59.9 Å². The Kier molecular flexibility index (Phi) is 22.5. The second-order valence-electron chi connectivity index (χ2n) is 13.9. The molecule has 15 nitrogen and oxygen atoms in total. The van der Waals surface area contributed by atoms with Crippen LogP contribution in [-0.2, 0) is 30.9 Å². The number of pyridine rings is 4. The molecule has 0 aliphatic carbocycles. The van der Waals surface area contributed by atoms with Crippen LogP contribution in [0, 0.1) is 11.6 Å². The number of carboxylic acid groups (broad SMARTS) is 1. The first-order valence-corrected chi connectivity index (χ1v) is 33.7. The Bertz CT molecular complexity index is 2730. The Balaban J connectivity index is 0.000000205. The van der Waals surface area contributed by atoms with Gasteiger partial charge in [0.1, 0.15) is 28.8 Å². The minimum atomic E-state index is -1.06. The van der Waals surface area contributed by atoms with Gasteiger partial charge in [0.25, 0.3) is 5.91 Å². The third-order valence-corrected chi connectivity index (χ3v) is 9.18. The minimum absolute atomic E-state index is 0.0847. The average molecular weight is 1280 g/mol. The molecular formula is C46H44F2I3N12O3V. The van der Waals surface area contributed by atoms with Gasteiger partial charge >= 0.3 is 70.8 Å². The molecule has 6 aromatic heterocycles. The number of nitrogens with one attached hydrogen (secondary N) is 5. The van der Waals surface area contributed by atoms with Crippen molar-refractivity contribution in [2.24, 2.45) is 5.73 Å². The Morgan fingerprint density at radius 3 is 1.54 bits per heavy atom. The third-order valence-electron chi connectivity index (χ3n) is 9.18. The van der Waals surface area contributed by atoms with Crippen molar-refractivity contribution < 1.29 is 28.4 Å². The van der Waals surface area contributed by atoms with Gasteiger partial charge in [-0.3, -0.25) is 25.0 Å². The number of halogens is 5. The van der Waals surface area contributed by atoms with Crippen LogP contribution in [0.3, 0.4) is 0 Å². The molecule has 0 atom stereocenters. The number of nitrogens with zero attached hydrogens (tertiary/aromatic N) is 6. The van der Waals surface area contributed by atoms with Crippen molar-refractivity contribution in [1.29, 1.82) is 0 Å². The van der Waals surface area contributed by atoms with E-state index in [9.17, 15) is 23.5 Å². The van der Waals surface area contributed by atoms with Crippen molar-refractivity contribution in [2.45, 2.75) is 25.9 Å². The first-order chi connectivity index (χ1) is 32.5. The molecule has 67 heavy (non-hydrogen) atoms. The molecule has 0 fully saturated rings. The normalized spacial score (nSPS) is 10.3. The Morgan fingerprint density at radius 1 is 0.642 bits per heavy atom. The Labute approximate surface area is 423 Å². The summed E-state index contributed by atoms with van der Waals surface area (Å²) in [5, 5.41) is 31.7. The molecule has 21 heteroatoms. The standard InChI is InChI=1S/C23H21FN6O.C17H15FN4O2.C6H8N2.3HI.V/c24-19-5-1-3-16(11-19)8-10-26-22-20(6-7-21(30-22)18-14-28-29-15-18)23(31)27-13-17-4-2-9-25-12-17;18-13-3-1-2-11(8-13)6-7-19-16-14(17(23)24)4-5-15(22-16)12-9-20-21-10-12;7-4-6-2-1-3-8-5-6;;;;/h1-7,9,11-12,14-15H,8,10,13H2,(H,26,30)(H,27,31)(H,28,29);1-5,8-10H,6-7H2,(H,19,22)(H,20,21)(H,23,24);1-3,5H,4,7H2;3*1H;/q;;;;;;+3/p-3. The van der Waals surface area contributed by atoms with E-state index in [1.807, 2.05) is 36.4 Å². The predicted molar refractivity (Wildman–Crippen MR) is 277 cm³/mol. The molecule has 2 aromatic carbocycles. The van der Waals surface area contributed by atoms with Gasteiger partial charge in [0.05, 0.1) is 29.3 Å². The Hall–Kier alpha value is -5.41. The van der Waals surface area contributed by atoms with Crippen LogP contribution in [-0.4, -0.2) is 70.4 Å². The van der Waals surface area contributed by atoms with Gasteiger partial charge < -0.3 is 26.8 Å². The number of benzene rings is 2. The Morgan fingerprint density at radius 2 is 1.12 bits per heavy atom. The summed E-state index contributed by atoms with van der Waals surface area (Å²) in [6.07, 6.45) is 14.7. The molecule has 0 saturated carbocycles. The molecule has 346 valence electrons. The molecule has 0 bridgehead atoms.